The van der Waals surface area contributed by atoms with Crippen LogP contribution in [0.5, 0.6) is 0 Å². The van der Waals surface area contributed by atoms with Gasteiger partial charge in [-0.2, -0.15) is 0 Å². The zero-order valence-corrected chi connectivity index (χ0v) is 11.1. The molecule has 1 fully saturated rings. The predicted octanol–water partition coefficient (Wildman–Crippen LogP) is 3.06. The minimum Gasteiger partial charge on any atom is -0.375 e. The first kappa shape index (κ1) is 12.1. The van der Waals surface area contributed by atoms with E-state index < -0.39 is 0 Å². The smallest absolute Gasteiger partial charge is 0.0728 e. The lowest BCUT2D eigenvalue weighted by Crippen LogP contribution is -2.23. The molecule has 1 saturated heterocycles. The number of halogens is 1. The summed E-state index contributed by atoms with van der Waals surface area (Å²) >= 11 is 3.52. The van der Waals surface area contributed by atoms with E-state index in [4.69, 9.17) is 4.74 Å². The van der Waals surface area contributed by atoms with Crippen molar-refractivity contribution < 1.29 is 4.74 Å². The van der Waals surface area contributed by atoms with E-state index in [1.807, 2.05) is 12.1 Å². The summed E-state index contributed by atoms with van der Waals surface area (Å²) in [7, 11) is 0. The summed E-state index contributed by atoms with van der Waals surface area (Å²) in [5.41, 5.74) is 1.23. The van der Waals surface area contributed by atoms with E-state index in [1.165, 1.54) is 31.5 Å². The van der Waals surface area contributed by atoms with E-state index in [0.717, 1.165) is 17.6 Å². The van der Waals surface area contributed by atoms with Gasteiger partial charge in [-0.1, -0.05) is 34.1 Å². The Labute approximate surface area is 106 Å². The molecule has 88 valence electrons. The maximum Gasteiger partial charge on any atom is 0.0728 e. The van der Waals surface area contributed by atoms with Crippen molar-refractivity contribution in [3.63, 3.8) is 0 Å². The molecule has 0 N–H and O–H groups in total. The van der Waals surface area contributed by atoms with Crippen LogP contribution >= 0.6 is 15.9 Å². The third-order valence-electron chi connectivity index (χ3n) is 2.97. The number of benzene rings is 1. The van der Waals surface area contributed by atoms with Crippen LogP contribution in [0.3, 0.4) is 0 Å². The quantitative estimate of drug-likeness (QED) is 0.770. The van der Waals surface area contributed by atoms with Crippen molar-refractivity contribution in [2.75, 3.05) is 26.2 Å². The van der Waals surface area contributed by atoms with Crippen LogP contribution in [-0.4, -0.2) is 31.1 Å². The Balaban J connectivity index is 1.66. The lowest BCUT2D eigenvalue weighted by atomic mass is 10.2. The molecular weight excluding hydrogens is 266 g/mol. The maximum atomic E-state index is 5.69. The molecule has 0 aliphatic carbocycles. The first-order valence-corrected chi connectivity index (χ1v) is 6.69. The fourth-order valence-electron chi connectivity index (χ4n) is 2.00. The Morgan fingerprint density at radius 2 is 1.94 bits per heavy atom. The SMILES string of the molecule is Brc1ccccc1COCCN1CCCC1. The third kappa shape index (κ3) is 3.58. The number of rotatable bonds is 5. The molecule has 0 radical (unpaired) electrons. The van der Waals surface area contributed by atoms with E-state index in [1.54, 1.807) is 0 Å². The molecule has 0 unspecified atom stereocenters. The second kappa shape index (κ2) is 6.38. The second-order valence-electron chi connectivity index (χ2n) is 4.19. The van der Waals surface area contributed by atoms with Crippen LogP contribution < -0.4 is 0 Å². The number of nitrogens with zero attached hydrogens (tertiary/aromatic N) is 1. The van der Waals surface area contributed by atoms with Crippen LogP contribution in [0, 0.1) is 0 Å². The summed E-state index contributed by atoms with van der Waals surface area (Å²) in [5, 5.41) is 0. The Kier molecular flexibility index (Phi) is 4.82. The molecular formula is C13H18BrNO. The Morgan fingerprint density at radius 1 is 1.19 bits per heavy atom. The highest BCUT2D eigenvalue weighted by atomic mass is 79.9. The first-order valence-electron chi connectivity index (χ1n) is 5.90. The number of hydrogen-bond acceptors (Lipinski definition) is 2. The molecule has 2 nitrogen and oxygen atoms in total. The van der Waals surface area contributed by atoms with Gasteiger partial charge in [-0.25, -0.2) is 0 Å². The molecule has 0 spiro atoms. The standard InChI is InChI=1S/C13H18BrNO/c14-13-6-2-1-5-12(13)11-16-10-9-15-7-3-4-8-15/h1-2,5-6H,3-4,7-11H2. The third-order valence-corrected chi connectivity index (χ3v) is 3.74. The summed E-state index contributed by atoms with van der Waals surface area (Å²) in [6.07, 6.45) is 2.70. The van der Waals surface area contributed by atoms with E-state index in [2.05, 4.69) is 33.0 Å². The van der Waals surface area contributed by atoms with Gasteiger partial charge in [0.1, 0.15) is 0 Å². The Bertz CT molecular complexity index is 323. The monoisotopic (exact) mass is 283 g/mol. The van der Waals surface area contributed by atoms with Crippen LogP contribution in [0.1, 0.15) is 18.4 Å². The van der Waals surface area contributed by atoms with Crippen LogP contribution in [0.25, 0.3) is 0 Å². The van der Waals surface area contributed by atoms with Gasteiger partial charge in [-0.3, -0.25) is 0 Å². The van der Waals surface area contributed by atoms with E-state index in [9.17, 15) is 0 Å². The van der Waals surface area contributed by atoms with E-state index in [-0.39, 0.29) is 0 Å². The molecule has 0 saturated carbocycles. The maximum absolute atomic E-state index is 5.69. The average Bonchev–Trinajstić information content (AvgIpc) is 2.79. The van der Waals surface area contributed by atoms with Gasteiger partial charge in [0.25, 0.3) is 0 Å². The molecule has 0 atom stereocenters. The van der Waals surface area contributed by atoms with Crippen molar-refractivity contribution in [3.8, 4) is 0 Å². The van der Waals surface area contributed by atoms with Gasteiger partial charge < -0.3 is 9.64 Å². The molecule has 0 bridgehead atoms. The molecule has 1 heterocycles. The van der Waals surface area contributed by atoms with Crippen LogP contribution in [0.4, 0.5) is 0 Å². The largest absolute Gasteiger partial charge is 0.375 e. The fourth-order valence-corrected chi connectivity index (χ4v) is 2.40. The lowest BCUT2D eigenvalue weighted by molar-refractivity contribution is 0.0989. The van der Waals surface area contributed by atoms with Gasteiger partial charge in [0, 0.05) is 11.0 Å². The summed E-state index contributed by atoms with van der Waals surface area (Å²) < 4.78 is 6.83. The zero-order chi connectivity index (χ0) is 11.2. The molecule has 1 aromatic carbocycles. The lowest BCUT2D eigenvalue weighted by Gasteiger charge is -2.14. The van der Waals surface area contributed by atoms with Gasteiger partial charge in [0.2, 0.25) is 0 Å². The topological polar surface area (TPSA) is 12.5 Å². The molecule has 1 aliphatic heterocycles. The molecule has 1 aliphatic rings. The van der Waals surface area contributed by atoms with Gasteiger partial charge >= 0.3 is 0 Å². The molecule has 2 rings (SSSR count). The van der Waals surface area contributed by atoms with Crippen molar-refractivity contribution >= 4 is 15.9 Å². The summed E-state index contributed by atoms with van der Waals surface area (Å²) in [6, 6.07) is 8.22. The fraction of sp³-hybridized carbons (Fsp3) is 0.538. The molecule has 0 amide bonds. The van der Waals surface area contributed by atoms with Gasteiger partial charge in [-0.15, -0.1) is 0 Å². The van der Waals surface area contributed by atoms with Gasteiger partial charge in [0.15, 0.2) is 0 Å². The molecule has 0 aromatic heterocycles. The molecule has 16 heavy (non-hydrogen) atoms. The van der Waals surface area contributed by atoms with Gasteiger partial charge in [0.05, 0.1) is 13.2 Å². The first-order chi connectivity index (χ1) is 7.86. The minimum absolute atomic E-state index is 0.704. The predicted molar refractivity (Wildman–Crippen MR) is 69.5 cm³/mol. The highest BCUT2D eigenvalue weighted by Gasteiger charge is 2.10. The van der Waals surface area contributed by atoms with Crippen LogP contribution in [-0.2, 0) is 11.3 Å². The van der Waals surface area contributed by atoms with Crippen molar-refractivity contribution in [1.29, 1.82) is 0 Å². The summed E-state index contributed by atoms with van der Waals surface area (Å²) in [4.78, 5) is 2.47. The summed E-state index contributed by atoms with van der Waals surface area (Å²) in [6.45, 7) is 5.11. The van der Waals surface area contributed by atoms with Crippen molar-refractivity contribution in [2.24, 2.45) is 0 Å². The number of hydrogen-bond donors (Lipinski definition) is 0. The normalized spacial score (nSPS) is 16.8. The Morgan fingerprint density at radius 3 is 2.69 bits per heavy atom. The van der Waals surface area contributed by atoms with Crippen molar-refractivity contribution in [3.05, 3.63) is 34.3 Å². The second-order valence-corrected chi connectivity index (χ2v) is 5.05. The zero-order valence-electron chi connectivity index (χ0n) is 9.49. The van der Waals surface area contributed by atoms with E-state index in [0.29, 0.717) is 6.61 Å². The summed E-state index contributed by atoms with van der Waals surface area (Å²) in [5.74, 6) is 0. The average molecular weight is 284 g/mol. The highest BCUT2D eigenvalue weighted by Crippen LogP contribution is 2.16. The van der Waals surface area contributed by atoms with Gasteiger partial charge in [-0.05, 0) is 37.6 Å². The number of likely N-dealkylation sites (tertiary alicyclic amines) is 1. The van der Waals surface area contributed by atoms with Crippen molar-refractivity contribution in [2.45, 2.75) is 19.4 Å². The molecule has 1 aromatic rings. The molecule has 3 heteroatoms. The Hall–Kier alpha value is -0.380. The van der Waals surface area contributed by atoms with Crippen LogP contribution in [0.2, 0.25) is 0 Å². The van der Waals surface area contributed by atoms with E-state index >= 15 is 0 Å². The number of ether oxygens (including phenoxy) is 1. The highest BCUT2D eigenvalue weighted by molar-refractivity contribution is 9.10. The minimum atomic E-state index is 0.704. The van der Waals surface area contributed by atoms with Crippen molar-refractivity contribution in [1.82, 2.24) is 4.90 Å². The van der Waals surface area contributed by atoms with Crippen LogP contribution in [0.15, 0.2) is 28.7 Å².